The van der Waals surface area contributed by atoms with Crippen LogP contribution >= 0.6 is 11.3 Å². The Bertz CT molecular complexity index is 3310. The van der Waals surface area contributed by atoms with Crippen LogP contribution in [-0.2, 0) is 0 Å². The lowest BCUT2D eigenvalue weighted by Crippen LogP contribution is -1.99. The van der Waals surface area contributed by atoms with Gasteiger partial charge in [-0.15, -0.1) is 11.3 Å². The van der Waals surface area contributed by atoms with E-state index in [0.29, 0.717) is 5.56 Å². The Balaban J connectivity index is 1.20. The van der Waals surface area contributed by atoms with Crippen LogP contribution < -0.4 is 0 Å². The van der Waals surface area contributed by atoms with Crippen molar-refractivity contribution in [2.45, 2.75) is 0 Å². The Kier molecular flexibility index (Phi) is 4.69. The third kappa shape index (κ3) is 4.63. The van der Waals surface area contributed by atoms with Gasteiger partial charge in [0.05, 0.1) is 35.1 Å². The van der Waals surface area contributed by atoms with Gasteiger partial charge in [-0.25, -0.2) is 15.0 Å². The number of thiophene rings is 1. The number of benzene rings is 7. The van der Waals surface area contributed by atoms with Crippen LogP contribution in [0.15, 0.2) is 170 Å². The quantitative estimate of drug-likeness (QED) is 0.184. The number of para-hydroxylation sites is 1. The molecule has 0 unspecified atom stereocenters. The molecule has 10 aromatic rings. The number of aromatic nitrogens is 4. The molecule has 0 bridgehead atoms. The van der Waals surface area contributed by atoms with E-state index in [1.54, 1.807) is 17.4 Å². The van der Waals surface area contributed by atoms with Crippen molar-refractivity contribution in [1.29, 1.82) is 0 Å². The van der Waals surface area contributed by atoms with Crippen LogP contribution in [0.5, 0.6) is 0 Å². The van der Waals surface area contributed by atoms with Gasteiger partial charge >= 0.3 is 0 Å². The number of fused-ring (bicyclic) bond motifs is 6. The standard InChI is InChI=1S/C45H28N4S/c1-4-14-29(15-5-1)33-21-12-24-38-41(33)36-20-10-11-23-37(36)49(38)39-25-13-22-35-34-27-26-32(28-40(34)50-42(35)39)45-47-43(30-16-6-2-7-17-30)46-44(48-45)31-18-8-3-9-19-31/h1-28H/i2D,3D,6D,7D,8D,9D,16D,17D,18D,19D. The normalized spacial score (nSPS) is 14.4. The molecule has 234 valence electrons. The van der Waals surface area contributed by atoms with Crippen molar-refractivity contribution in [3.63, 3.8) is 0 Å². The van der Waals surface area contributed by atoms with Crippen LogP contribution in [0.25, 0.3) is 93.0 Å². The summed E-state index contributed by atoms with van der Waals surface area (Å²) in [6, 6.07) is 31.2. The molecular weight excluding hydrogens is 629 g/mol. The molecule has 0 saturated carbocycles. The van der Waals surface area contributed by atoms with E-state index in [9.17, 15) is 0 Å². The summed E-state index contributed by atoms with van der Waals surface area (Å²) in [5.41, 5.74) is 5.24. The Morgan fingerprint density at radius 3 is 1.84 bits per heavy atom. The minimum atomic E-state index is -0.598. The highest BCUT2D eigenvalue weighted by molar-refractivity contribution is 7.26. The SMILES string of the molecule is [2H]c1c([2H])c([2H])c(-c2nc(-c3ccc4c(c3)sc3c(-n5c6ccccc6c6c(-c7ccccc7)cccc65)cccc34)nc(-c3c([2H])c([2H])c([2H])c([2H])c3[2H])n2)c([2H])c1[2H]. The molecule has 50 heavy (non-hydrogen) atoms. The molecular formula is C45H28N4S. The second kappa shape index (κ2) is 11.6. The predicted molar refractivity (Wildman–Crippen MR) is 209 cm³/mol. The Labute approximate surface area is 306 Å². The molecule has 0 aliphatic rings. The Morgan fingerprint density at radius 1 is 0.480 bits per heavy atom. The predicted octanol–water partition coefficient (Wildman–Crippen LogP) is 12.0. The van der Waals surface area contributed by atoms with E-state index in [0.717, 1.165) is 58.8 Å². The molecule has 0 fully saturated rings. The van der Waals surface area contributed by atoms with Gasteiger partial charge < -0.3 is 4.57 Å². The van der Waals surface area contributed by atoms with Crippen molar-refractivity contribution in [2.24, 2.45) is 0 Å². The van der Waals surface area contributed by atoms with Crippen molar-refractivity contribution in [3.8, 4) is 51.0 Å². The van der Waals surface area contributed by atoms with Crippen LogP contribution in [0.4, 0.5) is 0 Å². The second-order valence-electron chi connectivity index (χ2n) is 11.7. The first kappa shape index (κ1) is 20.2. The van der Waals surface area contributed by atoms with Crippen LogP contribution in [0.2, 0.25) is 0 Å². The Morgan fingerprint density at radius 2 is 1.10 bits per heavy atom. The van der Waals surface area contributed by atoms with Crippen molar-refractivity contribution in [3.05, 3.63) is 170 Å². The third-order valence-electron chi connectivity index (χ3n) is 8.84. The van der Waals surface area contributed by atoms with E-state index in [4.69, 9.17) is 13.7 Å². The summed E-state index contributed by atoms with van der Waals surface area (Å²) in [5.74, 6) is -0.596. The fraction of sp³-hybridized carbons (Fsp3) is 0. The van der Waals surface area contributed by atoms with Crippen LogP contribution in [0.1, 0.15) is 13.7 Å². The summed E-state index contributed by atoms with van der Waals surface area (Å²) in [5, 5.41) is 4.28. The molecule has 0 amide bonds. The molecule has 0 atom stereocenters. The van der Waals surface area contributed by atoms with Gasteiger partial charge in [-0.3, -0.25) is 0 Å². The largest absolute Gasteiger partial charge is 0.308 e. The van der Waals surface area contributed by atoms with Crippen LogP contribution in [0.3, 0.4) is 0 Å². The minimum Gasteiger partial charge on any atom is -0.308 e. The lowest BCUT2D eigenvalue weighted by Gasteiger charge is -2.10. The first-order chi connectivity index (χ1) is 28.9. The van der Waals surface area contributed by atoms with E-state index in [1.807, 2.05) is 42.5 Å². The van der Waals surface area contributed by atoms with Gasteiger partial charge in [-0.2, -0.15) is 0 Å². The fourth-order valence-electron chi connectivity index (χ4n) is 6.69. The highest BCUT2D eigenvalue weighted by atomic mass is 32.1. The maximum Gasteiger partial charge on any atom is 0.164 e. The smallest absolute Gasteiger partial charge is 0.164 e. The van der Waals surface area contributed by atoms with Gasteiger partial charge in [0.2, 0.25) is 0 Å². The van der Waals surface area contributed by atoms with E-state index in [2.05, 4.69) is 80.2 Å². The summed E-state index contributed by atoms with van der Waals surface area (Å²) < 4.78 is 88.4. The molecule has 4 nitrogen and oxygen atoms in total. The van der Waals surface area contributed by atoms with Crippen molar-refractivity contribution < 1.29 is 13.7 Å². The minimum absolute atomic E-state index is 0.0176. The molecule has 10 rings (SSSR count). The zero-order chi connectivity index (χ0) is 41.7. The summed E-state index contributed by atoms with van der Waals surface area (Å²) in [6.45, 7) is 0. The molecule has 0 aliphatic carbocycles. The lowest BCUT2D eigenvalue weighted by atomic mass is 9.99. The topological polar surface area (TPSA) is 43.6 Å². The maximum absolute atomic E-state index is 8.68. The molecule has 0 spiro atoms. The summed E-state index contributed by atoms with van der Waals surface area (Å²) >= 11 is 1.58. The van der Waals surface area contributed by atoms with Crippen LogP contribution in [-0.4, -0.2) is 19.5 Å². The highest BCUT2D eigenvalue weighted by Crippen LogP contribution is 2.43. The monoisotopic (exact) mass is 666 g/mol. The van der Waals surface area contributed by atoms with Gasteiger partial charge in [0.1, 0.15) is 0 Å². The molecule has 0 aliphatic heterocycles. The van der Waals surface area contributed by atoms with E-state index in [-0.39, 0.29) is 28.6 Å². The van der Waals surface area contributed by atoms with Gasteiger partial charge in [-0.1, -0.05) is 145 Å². The third-order valence-corrected chi connectivity index (χ3v) is 10.0. The summed E-state index contributed by atoms with van der Waals surface area (Å²) in [6.07, 6.45) is 0. The molecule has 0 saturated heterocycles. The molecule has 3 aromatic heterocycles. The van der Waals surface area contributed by atoms with Crippen LogP contribution in [0, 0.1) is 0 Å². The van der Waals surface area contributed by atoms with Crippen molar-refractivity contribution in [1.82, 2.24) is 19.5 Å². The second-order valence-corrected chi connectivity index (χ2v) is 12.7. The van der Waals surface area contributed by atoms with Gasteiger partial charge in [-0.05, 0) is 35.4 Å². The average Bonchev–Trinajstić information content (AvgIpc) is 3.82. The number of rotatable bonds is 5. The first-order valence-corrected chi connectivity index (χ1v) is 16.7. The zero-order valence-corrected chi connectivity index (χ0v) is 26.9. The average molecular weight is 667 g/mol. The molecule has 3 heterocycles. The van der Waals surface area contributed by atoms with Gasteiger partial charge in [0, 0.05) is 42.9 Å². The molecule has 5 heteroatoms. The zero-order valence-electron chi connectivity index (χ0n) is 36.1. The fourth-order valence-corrected chi connectivity index (χ4v) is 7.93. The van der Waals surface area contributed by atoms with E-state index in [1.165, 1.54) is 0 Å². The summed E-state index contributed by atoms with van der Waals surface area (Å²) in [4.78, 5) is 13.7. The molecule has 7 aromatic carbocycles. The maximum atomic E-state index is 8.68. The van der Waals surface area contributed by atoms with Gasteiger partial charge in [0.25, 0.3) is 0 Å². The highest BCUT2D eigenvalue weighted by Gasteiger charge is 2.19. The number of hydrogen-bond acceptors (Lipinski definition) is 4. The number of nitrogens with zero attached hydrogens (tertiary/aromatic N) is 4. The lowest BCUT2D eigenvalue weighted by molar-refractivity contribution is 1.07. The molecule has 0 radical (unpaired) electrons. The number of hydrogen-bond donors (Lipinski definition) is 0. The first-order valence-electron chi connectivity index (χ1n) is 20.9. The van der Waals surface area contributed by atoms with Gasteiger partial charge in [0.15, 0.2) is 17.5 Å². The summed E-state index contributed by atoms with van der Waals surface area (Å²) in [7, 11) is 0. The molecule has 0 N–H and O–H groups in total. The van der Waals surface area contributed by atoms with Crippen molar-refractivity contribution in [2.75, 3.05) is 0 Å². The van der Waals surface area contributed by atoms with E-state index < -0.39 is 60.4 Å². The van der Waals surface area contributed by atoms with E-state index >= 15 is 0 Å². The van der Waals surface area contributed by atoms with Crippen molar-refractivity contribution >= 4 is 53.3 Å². The Hall–Kier alpha value is -6.43.